The van der Waals surface area contributed by atoms with Crippen LogP contribution < -0.4 is 0 Å². The van der Waals surface area contributed by atoms with E-state index in [4.69, 9.17) is 0 Å². The number of sulfone groups is 1. The van der Waals surface area contributed by atoms with E-state index in [9.17, 15) is 48.3 Å². The molecule has 1 saturated carbocycles. The lowest BCUT2D eigenvalue weighted by Gasteiger charge is -2.47. The highest BCUT2D eigenvalue weighted by Crippen LogP contribution is 2.57. The van der Waals surface area contributed by atoms with Gasteiger partial charge in [0.2, 0.25) is 5.91 Å². The van der Waals surface area contributed by atoms with Crippen LogP contribution in [0.3, 0.4) is 0 Å². The van der Waals surface area contributed by atoms with Gasteiger partial charge in [-0.1, -0.05) is 30.3 Å². The van der Waals surface area contributed by atoms with E-state index < -0.39 is 49.9 Å². The molecule has 2 aliphatic rings. The molecule has 0 spiro atoms. The molecule has 0 radical (unpaired) electrons. The summed E-state index contributed by atoms with van der Waals surface area (Å²) in [5.41, 5.74) is -6.75. The van der Waals surface area contributed by atoms with Crippen molar-refractivity contribution in [3.8, 4) is 0 Å². The highest BCUT2D eigenvalue weighted by Gasteiger charge is 2.73. The van der Waals surface area contributed by atoms with Crippen LogP contribution in [0.2, 0.25) is 0 Å². The predicted octanol–water partition coefficient (Wildman–Crippen LogP) is 6.61. The number of alkyl halides is 7. The topological polar surface area (TPSA) is 67.3 Å². The smallest absolute Gasteiger partial charge is 0.342 e. The van der Waals surface area contributed by atoms with Crippen molar-refractivity contribution in [3.05, 3.63) is 95.6 Å². The number of benzene rings is 2. The lowest BCUT2D eigenvalue weighted by molar-refractivity contribution is -0.348. The molecule has 14 heteroatoms. The Morgan fingerprint density at radius 3 is 2.02 bits per heavy atom. The summed E-state index contributed by atoms with van der Waals surface area (Å²) >= 11 is 0. The van der Waals surface area contributed by atoms with Gasteiger partial charge in [0.1, 0.15) is 10.6 Å². The average molecular weight is 633 g/mol. The third-order valence-corrected chi connectivity index (χ3v) is 10.9. The number of pyridine rings is 1. The fraction of sp³-hybridized carbons (Fsp3) is 0.379. The maximum Gasteiger partial charge on any atom is 0.435 e. The number of rotatable bonds is 6. The van der Waals surface area contributed by atoms with Crippen LogP contribution in [0, 0.1) is 11.7 Å². The molecule has 3 aromatic rings. The van der Waals surface area contributed by atoms with Gasteiger partial charge in [-0.3, -0.25) is 9.78 Å². The van der Waals surface area contributed by atoms with Gasteiger partial charge >= 0.3 is 18.0 Å². The third-order valence-electron chi connectivity index (χ3n) is 8.39. The zero-order valence-electron chi connectivity index (χ0n) is 22.2. The molecule has 2 aromatic carbocycles. The van der Waals surface area contributed by atoms with Crippen molar-refractivity contribution in [1.29, 1.82) is 0 Å². The van der Waals surface area contributed by atoms with Gasteiger partial charge in [0, 0.05) is 42.9 Å². The van der Waals surface area contributed by atoms with E-state index in [1.807, 2.05) is 6.07 Å². The number of hydrogen-bond donors (Lipinski definition) is 0. The molecule has 1 unspecified atom stereocenters. The Morgan fingerprint density at radius 1 is 0.884 bits per heavy atom. The summed E-state index contributed by atoms with van der Waals surface area (Å²) in [5.74, 6) is -1.89. The standard InChI is InChI=1S/C29H24F8N2O3S/c30-23-7-9-24(10-8-23)43(41,42)26(21-3-5-22(6-4-21)27(31,28(32,33)34)29(35,36)37)14-20(15-26)25(40)39-13-11-19(17-39)18-2-1-12-38-16-18/h1-10,12,16,19-20H,11,13-15,17H2. The number of carbonyl (C=O) groups excluding carboxylic acids is 1. The fourth-order valence-corrected chi connectivity index (χ4v) is 8.19. The van der Waals surface area contributed by atoms with Crippen LogP contribution >= 0.6 is 0 Å². The molecule has 1 amide bonds. The first kappa shape index (κ1) is 30.9. The van der Waals surface area contributed by atoms with Crippen LogP contribution in [0.5, 0.6) is 0 Å². The number of amides is 1. The number of carbonyl (C=O) groups is 1. The second kappa shape index (κ2) is 10.6. The van der Waals surface area contributed by atoms with Crippen molar-refractivity contribution in [2.24, 2.45) is 5.92 Å². The Hall–Kier alpha value is -3.55. The van der Waals surface area contributed by atoms with Crippen molar-refractivity contribution < 1.29 is 48.3 Å². The van der Waals surface area contributed by atoms with Crippen molar-refractivity contribution in [1.82, 2.24) is 9.88 Å². The largest absolute Gasteiger partial charge is 0.435 e. The number of halogens is 8. The van der Waals surface area contributed by atoms with E-state index in [0.717, 1.165) is 29.8 Å². The molecular weight excluding hydrogens is 608 g/mol. The van der Waals surface area contributed by atoms with Crippen molar-refractivity contribution in [2.75, 3.05) is 13.1 Å². The highest BCUT2D eigenvalue weighted by molar-refractivity contribution is 7.92. The maximum atomic E-state index is 14.6. The van der Waals surface area contributed by atoms with Crippen LogP contribution in [0.15, 0.2) is 78.0 Å². The van der Waals surface area contributed by atoms with Crippen LogP contribution in [-0.2, 0) is 25.0 Å². The molecule has 1 aliphatic carbocycles. The normalized spacial score (nSPS) is 23.2. The van der Waals surface area contributed by atoms with Gasteiger partial charge in [-0.2, -0.15) is 26.3 Å². The SMILES string of the molecule is O=C(C1CC(c2ccc(C(F)(C(F)(F)F)C(F)(F)F)cc2)(S(=O)(=O)c2ccc(F)cc2)C1)N1CCC(c2cccnc2)C1. The molecule has 5 nitrogen and oxygen atoms in total. The van der Waals surface area contributed by atoms with Crippen LogP contribution in [0.25, 0.3) is 0 Å². The first-order valence-corrected chi connectivity index (χ1v) is 14.6. The summed E-state index contributed by atoms with van der Waals surface area (Å²) in [6.07, 6.45) is -9.41. The van der Waals surface area contributed by atoms with Crippen LogP contribution in [0.1, 0.15) is 41.9 Å². The molecule has 0 bridgehead atoms. The van der Waals surface area contributed by atoms with E-state index in [2.05, 4.69) is 4.98 Å². The first-order chi connectivity index (χ1) is 20.0. The summed E-state index contributed by atoms with van der Waals surface area (Å²) < 4.78 is 134. The number of hydrogen-bond acceptors (Lipinski definition) is 4. The van der Waals surface area contributed by atoms with Gasteiger partial charge in [-0.05, 0) is 60.7 Å². The molecule has 230 valence electrons. The van der Waals surface area contributed by atoms with E-state index >= 15 is 0 Å². The molecule has 2 fully saturated rings. The minimum Gasteiger partial charge on any atom is -0.342 e. The minimum atomic E-state index is -6.35. The Kier molecular flexibility index (Phi) is 7.59. The van der Waals surface area contributed by atoms with Crippen LogP contribution in [-0.4, -0.2) is 49.7 Å². The van der Waals surface area contributed by atoms with E-state index in [1.165, 1.54) is 0 Å². The summed E-state index contributed by atoms with van der Waals surface area (Å²) in [6.45, 7) is 0.760. The summed E-state index contributed by atoms with van der Waals surface area (Å²) in [4.78, 5) is 18.7. The monoisotopic (exact) mass is 632 g/mol. The van der Waals surface area contributed by atoms with E-state index in [-0.39, 0.29) is 47.3 Å². The molecule has 1 saturated heterocycles. The fourth-order valence-electron chi connectivity index (χ4n) is 5.96. The first-order valence-electron chi connectivity index (χ1n) is 13.1. The zero-order chi connectivity index (χ0) is 31.4. The molecule has 0 N–H and O–H groups in total. The van der Waals surface area contributed by atoms with Crippen molar-refractivity contribution in [2.45, 2.75) is 52.8 Å². The number of likely N-dealkylation sites (tertiary alicyclic amines) is 1. The van der Waals surface area contributed by atoms with Gasteiger partial charge in [-0.15, -0.1) is 0 Å². The molecule has 1 atom stereocenters. The molecule has 2 heterocycles. The van der Waals surface area contributed by atoms with Gasteiger partial charge in [-0.25, -0.2) is 17.2 Å². The molecule has 43 heavy (non-hydrogen) atoms. The predicted molar refractivity (Wildman–Crippen MR) is 138 cm³/mol. The van der Waals surface area contributed by atoms with Gasteiger partial charge < -0.3 is 4.90 Å². The summed E-state index contributed by atoms with van der Waals surface area (Å²) in [5, 5.41) is 0. The molecule has 5 rings (SSSR count). The molecule has 1 aliphatic heterocycles. The van der Waals surface area contributed by atoms with Gasteiger partial charge in [0.25, 0.3) is 0 Å². The van der Waals surface area contributed by atoms with E-state index in [0.29, 0.717) is 31.6 Å². The Morgan fingerprint density at radius 2 is 1.49 bits per heavy atom. The third kappa shape index (κ3) is 5.06. The van der Waals surface area contributed by atoms with Gasteiger partial charge in [0.05, 0.1) is 4.90 Å². The van der Waals surface area contributed by atoms with Crippen molar-refractivity contribution in [3.63, 3.8) is 0 Å². The highest BCUT2D eigenvalue weighted by atomic mass is 32.2. The molecular formula is C29H24F8N2O3S. The Labute approximate surface area is 241 Å². The maximum absolute atomic E-state index is 14.6. The second-order valence-corrected chi connectivity index (χ2v) is 13.1. The quantitative estimate of drug-likeness (QED) is 0.227. The Bertz CT molecular complexity index is 1570. The Balaban J connectivity index is 1.47. The zero-order valence-corrected chi connectivity index (χ0v) is 23.0. The number of aromatic nitrogens is 1. The van der Waals surface area contributed by atoms with Crippen LogP contribution in [0.4, 0.5) is 35.1 Å². The molecule has 1 aromatic heterocycles. The average Bonchev–Trinajstić information content (AvgIpc) is 3.42. The number of nitrogens with zero attached hydrogens (tertiary/aromatic N) is 2. The summed E-state index contributed by atoms with van der Waals surface area (Å²) in [7, 11) is -4.47. The van der Waals surface area contributed by atoms with E-state index in [1.54, 1.807) is 23.4 Å². The lowest BCUT2D eigenvalue weighted by atomic mass is 9.69. The van der Waals surface area contributed by atoms with Crippen molar-refractivity contribution >= 4 is 15.7 Å². The summed E-state index contributed by atoms with van der Waals surface area (Å²) in [6, 6.07) is 9.30. The second-order valence-electron chi connectivity index (χ2n) is 10.8. The minimum absolute atomic E-state index is 0.0150. The lowest BCUT2D eigenvalue weighted by Crippen LogP contribution is -2.53. The van der Waals surface area contributed by atoms with Gasteiger partial charge in [0.15, 0.2) is 9.84 Å².